The van der Waals surface area contributed by atoms with Crippen molar-refractivity contribution in [1.29, 1.82) is 0 Å². The van der Waals surface area contributed by atoms with Gasteiger partial charge in [-0.15, -0.1) is 0 Å². The molecular weight excluding hydrogens is 384 g/mol. The molecule has 2 aromatic rings. The van der Waals surface area contributed by atoms with E-state index in [0.717, 1.165) is 10.5 Å². The van der Waals surface area contributed by atoms with Crippen LogP contribution in [0.3, 0.4) is 0 Å². The molecule has 0 saturated carbocycles. The summed E-state index contributed by atoms with van der Waals surface area (Å²) in [6, 6.07) is 9.42. The Morgan fingerprint density at radius 3 is 2.33 bits per heavy atom. The molecule has 1 aromatic carbocycles. The van der Waals surface area contributed by atoms with E-state index < -0.39 is 11.9 Å². The summed E-state index contributed by atoms with van der Waals surface area (Å²) in [5.41, 5.74) is 1.84. The number of urea groups is 1. The van der Waals surface area contributed by atoms with Gasteiger partial charge < -0.3 is 15.0 Å². The Balaban J connectivity index is 1.51. The lowest BCUT2D eigenvalue weighted by molar-refractivity contribution is -0.113. The number of anilines is 1. The van der Waals surface area contributed by atoms with Gasteiger partial charge in [-0.1, -0.05) is 0 Å². The van der Waals surface area contributed by atoms with Gasteiger partial charge >= 0.3 is 6.03 Å². The van der Waals surface area contributed by atoms with Crippen molar-refractivity contribution in [3.8, 4) is 0 Å². The maximum absolute atomic E-state index is 12.8. The molecule has 2 atom stereocenters. The van der Waals surface area contributed by atoms with Gasteiger partial charge in [0.05, 0.1) is 17.9 Å². The lowest BCUT2D eigenvalue weighted by Crippen LogP contribution is -2.48. The number of hydrogen-bond acceptors (Lipinski definition) is 5. The highest BCUT2D eigenvalue weighted by Crippen LogP contribution is 2.23. The number of ether oxygens (including phenoxy) is 1. The van der Waals surface area contributed by atoms with Crippen molar-refractivity contribution in [2.75, 3.05) is 18.0 Å². The van der Waals surface area contributed by atoms with Crippen molar-refractivity contribution < 1.29 is 19.1 Å². The molecule has 154 valence electrons. The van der Waals surface area contributed by atoms with Crippen LogP contribution in [-0.2, 0) is 9.53 Å². The first-order valence-electron chi connectivity index (χ1n) is 9.74. The van der Waals surface area contributed by atoms with Crippen molar-refractivity contribution in [2.45, 2.75) is 26.1 Å². The van der Waals surface area contributed by atoms with E-state index in [1.165, 1.54) is 0 Å². The quantitative estimate of drug-likeness (QED) is 0.624. The zero-order valence-electron chi connectivity index (χ0n) is 16.7. The molecule has 2 aliphatic rings. The number of amides is 4. The topological polar surface area (TPSA) is 91.8 Å². The third kappa shape index (κ3) is 3.95. The molecule has 2 fully saturated rings. The number of rotatable bonds is 3. The SMILES string of the molecule is C[C@@H]1CN(C(=O)c2ccc(N3C(=O)N/C(=C\c4ccncc4)C3=O)cc2)C[C@H](C)O1. The Labute approximate surface area is 174 Å². The van der Waals surface area contributed by atoms with Gasteiger partial charge in [0.25, 0.3) is 11.8 Å². The van der Waals surface area contributed by atoms with E-state index in [2.05, 4.69) is 10.3 Å². The third-order valence-corrected chi connectivity index (χ3v) is 4.97. The first-order valence-corrected chi connectivity index (χ1v) is 9.74. The van der Waals surface area contributed by atoms with Crippen LogP contribution in [0.25, 0.3) is 6.08 Å². The Morgan fingerprint density at radius 2 is 1.70 bits per heavy atom. The summed E-state index contributed by atoms with van der Waals surface area (Å²) in [4.78, 5) is 44.7. The maximum Gasteiger partial charge on any atom is 0.333 e. The van der Waals surface area contributed by atoms with Gasteiger partial charge in [-0.2, -0.15) is 0 Å². The van der Waals surface area contributed by atoms with E-state index in [0.29, 0.717) is 24.3 Å². The molecule has 8 heteroatoms. The molecule has 0 bridgehead atoms. The van der Waals surface area contributed by atoms with E-state index in [4.69, 9.17) is 4.74 Å². The Morgan fingerprint density at radius 1 is 1.07 bits per heavy atom. The van der Waals surface area contributed by atoms with Crippen molar-refractivity contribution in [3.05, 3.63) is 65.6 Å². The highest BCUT2D eigenvalue weighted by molar-refractivity contribution is 6.28. The third-order valence-electron chi connectivity index (χ3n) is 4.97. The van der Waals surface area contributed by atoms with E-state index >= 15 is 0 Å². The highest BCUT2D eigenvalue weighted by Gasteiger charge is 2.35. The molecule has 0 aliphatic carbocycles. The van der Waals surface area contributed by atoms with Crippen molar-refractivity contribution in [3.63, 3.8) is 0 Å². The van der Waals surface area contributed by atoms with Crippen LogP contribution in [0.4, 0.5) is 10.5 Å². The van der Waals surface area contributed by atoms with Crippen LogP contribution in [0.15, 0.2) is 54.5 Å². The van der Waals surface area contributed by atoms with Gasteiger partial charge in [0.15, 0.2) is 0 Å². The number of hydrogen-bond donors (Lipinski definition) is 1. The molecule has 1 N–H and O–H groups in total. The van der Waals surface area contributed by atoms with Crippen LogP contribution in [0, 0.1) is 0 Å². The van der Waals surface area contributed by atoms with Gasteiger partial charge in [-0.05, 0) is 61.9 Å². The van der Waals surface area contributed by atoms with Gasteiger partial charge in [-0.25, -0.2) is 9.69 Å². The average Bonchev–Trinajstić information content (AvgIpc) is 3.00. The molecule has 2 aliphatic heterocycles. The number of nitrogens with one attached hydrogen (secondary N) is 1. The number of aromatic nitrogens is 1. The zero-order valence-corrected chi connectivity index (χ0v) is 16.7. The predicted octanol–water partition coefficient (Wildman–Crippen LogP) is 2.43. The lowest BCUT2D eigenvalue weighted by atomic mass is 10.1. The number of carbonyl (C=O) groups is 3. The summed E-state index contributed by atoms with van der Waals surface area (Å²) < 4.78 is 5.67. The van der Waals surface area contributed by atoms with Crippen LogP contribution in [0.5, 0.6) is 0 Å². The minimum absolute atomic E-state index is 0.0199. The minimum Gasteiger partial charge on any atom is -0.372 e. The second-order valence-electron chi connectivity index (χ2n) is 7.42. The molecule has 4 amide bonds. The Bertz CT molecular complexity index is 994. The standard InChI is InChI=1S/C22H22N4O4/c1-14-12-25(13-15(2)30-14)20(27)17-3-5-18(6-4-17)26-21(28)19(24-22(26)29)11-16-7-9-23-10-8-16/h3-11,14-15H,12-13H2,1-2H3,(H,24,29)/b19-11-/t14-,15+. The fourth-order valence-corrected chi connectivity index (χ4v) is 3.68. The smallest absolute Gasteiger partial charge is 0.333 e. The molecule has 0 spiro atoms. The highest BCUT2D eigenvalue weighted by atomic mass is 16.5. The zero-order chi connectivity index (χ0) is 21.3. The van der Waals surface area contributed by atoms with E-state index in [1.54, 1.807) is 59.8 Å². The maximum atomic E-state index is 12.8. The molecule has 2 saturated heterocycles. The summed E-state index contributed by atoms with van der Waals surface area (Å²) in [5, 5.41) is 2.59. The van der Waals surface area contributed by atoms with Crippen LogP contribution in [0.2, 0.25) is 0 Å². The van der Waals surface area contributed by atoms with Gasteiger partial charge in [-0.3, -0.25) is 14.6 Å². The van der Waals surface area contributed by atoms with E-state index in [1.807, 2.05) is 13.8 Å². The fourth-order valence-electron chi connectivity index (χ4n) is 3.68. The predicted molar refractivity (Wildman–Crippen MR) is 111 cm³/mol. The summed E-state index contributed by atoms with van der Waals surface area (Å²) >= 11 is 0. The van der Waals surface area contributed by atoms with Gasteiger partial charge in [0, 0.05) is 31.0 Å². The average molecular weight is 406 g/mol. The van der Waals surface area contributed by atoms with E-state index in [-0.39, 0.29) is 23.8 Å². The molecule has 8 nitrogen and oxygen atoms in total. The molecular formula is C22H22N4O4. The fraction of sp³-hybridized carbons (Fsp3) is 0.273. The summed E-state index contributed by atoms with van der Waals surface area (Å²) in [7, 11) is 0. The van der Waals surface area contributed by atoms with E-state index in [9.17, 15) is 14.4 Å². The van der Waals surface area contributed by atoms with Crippen molar-refractivity contribution in [2.24, 2.45) is 0 Å². The second-order valence-corrected chi connectivity index (χ2v) is 7.42. The van der Waals surface area contributed by atoms with Gasteiger partial charge in [0.1, 0.15) is 5.70 Å². The molecule has 3 heterocycles. The number of pyridine rings is 1. The molecule has 0 unspecified atom stereocenters. The van der Waals surface area contributed by atoms with Crippen LogP contribution < -0.4 is 10.2 Å². The van der Waals surface area contributed by atoms with Crippen molar-refractivity contribution >= 4 is 29.6 Å². The lowest BCUT2D eigenvalue weighted by Gasteiger charge is -2.35. The summed E-state index contributed by atoms with van der Waals surface area (Å²) in [6.45, 7) is 4.93. The number of nitrogens with zero attached hydrogens (tertiary/aromatic N) is 3. The first-order chi connectivity index (χ1) is 14.4. The first kappa shape index (κ1) is 19.8. The van der Waals surface area contributed by atoms with Crippen molar-refractivity contribution in [1.82, 2.24) is 15.2 Å². The van der Waals surface area contributed by atoms with Gasteiger partial charge in [0.2, 0.25) is 0 Å². The largest absolute Gasteiger partial charge is 0.372 e. The minimum atomic E-state index is -0.532. The van der Waals surface area contributed by atoms with Crippen LogP contribution in [0.1, 0.15) is 29.8 Å². The molecule has 4 rings (SSSR count). The summed E-state index contributed by atoms with van der Waals surface area (Å²) in [5.74, 6) is -0.550. The summed E-state index contributed by atoms with van der Waals surface area (Å²) in [6.07, 6.45) is 4.77. The number of benzene rings is 1. The number of imide groups is 1. The second kappa shape index (κ2) is 8.08. The van der Waals surface area contributed by atoms with Crippen LogP contribution >= 0.6 is 0 Å². The molecule has 0 radical (unpaired) electrons. The molecule has 1 aromatic heterocycles. The monoisotopic (exact) mass is 406 g/mol. The normalized spacial score (nSPS) is 23.1. The number of carbonyl (C=O) groups excluding carboxylic acids is 3. The van der Waals surface area contributed by atoms with Crippen LogP contribution in [-0.4, -0.2) is 53.0 Å². The molecule has 30 heavy (non-hydrogen) atoms. The Hall–Kier alpha value is -3.52. The Kier molecular flexibility index (Phi) is 5.33. The number of morpholine rings is 1.